The molecule has 0 spiro atoms. The van der Waals surface area contributed by atoms with Gasteiger partial charge < -0.3 is 9.97 Å². The minimum atomic E-state index is 0. The van der Waals surface area contributed by atoms with E-state index in [1.165, 1.54) is 66.8 Å². The monoisotopic (exact) mass is 1280 g/mol. The Morgan fingerprint density at radius 3 is 0.986 bits per heavy atom. The molecular weight excluding hydrogens is 1230 g/mol. The van der Waals surface area contributed by atoms with Gasteiger partial charge in [-0.2, -0.15) is 0 Å². The minimum absolute atomic E-state index is 0. The largest absolute Gasteiger partial charge is 0.305 e. The zero-order valence-corrected chi connectivity index (χ0v) is 45.3. The molecule has 0 unspecified atom stereocenters. The second kappa shape index (κ2) is 21.9. The first kappa shape index (κ1) is 49.6. The molecule has 2 heterocycles. The Morgan fingerprint density at radius 2 is 0.611 bits per heavy atom. The van der Waals surface area contributed by atoms with Crippen molar-refractivity contribution in [1.82, 2.24) is 9.97 Å². The van der Waals surface area contributed by atoms with E-state index in [0.717, 1.165) is 67.0 Å². The van der Waals surface area contributed by atoms with Crippen molar-refractivity contribution < 1.29 is 40.2 Å². The van der Waals surface area contributed by atoms with Crippen LogP contribution >= 0.6 is 0 Å². The van der Waals surface area contributed by atoms with Gasteiger partial charge in [-0.3, -0.25) is 0 Å². The minimum Gasteiger partial charge on any atom is -0.305 e. The predicted octanol–water partition coefficient (Wildman–Crippen LogP) is 18.0. The van der Waals surface area contributed by atoms with E-state index in [0.29, 0.717) is 0 Å². The second-order valence-electron chi connectivity index (χ2n) is 18.0. The second-order valence-corrected chi connectivity index (χ2v) is 18.0. The topological polar surface area (TPSA) is 25.8 Å². The van der Waals surface area contributed by atoms with Gasteiger partial charge in [-0.15, -0.1) is 47.5 Å². The summed E-state index contributed by atoms with van der Waals surface area (Å²) < 4.78 is 0. The zero-order chi connectivity index (χ0) is 47.6. The van der Waals surface area contributed by atoms with Crippen LogP contribution in [-0.2, 0) is 40.2 Å². The van der Waals surface area contributed by atoms with Crippen molar-refractivity contribution in [2.75, 3.05) is 0 Å². The number of benzene rings is 9. The summed E-state index contributed by atoms with van der Waals surface area (Å²) in [6, 6.07) is 85.1. The summed E-state index contributed by atoms with van der Waals surface area (Å²) in [7, 11) is 0. The molecule has 0 saturated heterocycles. The van der Waals surface area contributed by atoms with Crippen molar-refractivity contribution in [3.8, 4) is 112 Å². The van der Waals surface area contributed by atoms with Crippen molar-refractivity contribution in [3.05, 3.63) is 265 Å². The fourth-order valence-electron chi connectivity index (χ4n) is 10.2. The van der Waals surface area contributed by atoms with Crippen LogP contribution < -0.4 is 0 Å². The molecule has 352 valence electrons. The van der Waals surface area contributed by atoms with E-state index in [4.69, 9.17) is 9.97 Å². The maximum atomic E-state index is 4.73. The number of pyridine rings is 2. The number of hydrogen-bond acceptors (Lipinski definition) is 2. The van der Waals surface area contributed by atoms with Gasteiger partial charge in [-0.1, -0.05) is 203 Å². The Kier molecular flexibility index (Phi) is 15.1. The van der Waals surface area contributed by atoms with Crippen LogP contribution in [0.4, 0.5) is 0 Å². The first-order valence-corrected chi connectivity index (χ1v) is 24.0. The summed E-state index contributed by atoms with van der Waals surface area (Å²) in [6.45, 7) is 9.21. The van der Waals surface area contributed by atoms with Crippen LogP contribution in [0.15, 0.2) is 231 Å². The summed E-state index contributed by atoms with van der Waals surface area (Å²) in [4.78, 5) is 9.47. The molecule has 72 heavy (non-hydrogen) atoms. The molecule has 11 aromatic rings. The molecule has 0 N–H and O–H groups in total. The van der Waals surface area contributed by atoms with Crippen LogP contribution in [0.25, 0.3) is 112 Å². The average molecular weight is 1280 g/mol. The Balaban J connectivity index is 0.00000320. The molecule has 2 radical (unpaired) electrons. The van der Waals surface area contributed by atoms with Crippen LogP contribution in [0.3, 0.4) is 0 Å². The summed E-state index contributed by atoms with van der Waals surface area (Å²) in [5.74, 6) is 0. The van der Waals surface area contributed by atoms with Crippen molar-refractivity contribution in [2.45, 2.75) is 27.7 Å². The maximum absolute atomic E-state index is 4.73. The molecule has 0 aliphatic carbocycles. The number of hydrogen-bond donors (Lipinski definition) is 0. The molecule has 0 fully saturated rings. The van der Waals surface area contributed by atoms with Gasteiger partial charge >= 0.3 is 0 Å². The normalized spacial score (nSPS) is 10.8. The zero-order valence-electron chi connectivity index (χ0n) is 40.5. The smallest absolute Gasteiger partial charge is 0.0160 e. The summed E-state index contributed by atoms with van der Waals surface area (Å²) in [5, 5.41) is 0. The molecule has 2 aromatic heterocycles. The van der Waals surface area contributed by atoms with Crippen molar-refractivity contribution in [3.63, 3.8) is 0 Å². The van der Waals surface area contributed by atoms with Gasteiger partial charge in [0.15, 0.2) is 0 Å². The molecule has 4 heteroatoms. The molecular formula is C68H50Ir2N2-2. The van der Waals surface area contributed by atoms with Gasteiger partial charge in [0.1, 0.15) is 0 Å². The van der Waals surface area contributed by atoms with E-state index in [1.807, 2.05) is 36.7 Å². The van der Waals surface area contributed by atoms with Gasteiger partial charge in [0.25, 0.3) is 0 Å². The number of rotatable bonds is 10. The molecule has 0 saturated carbocycles. The average Bonchev–Trinajstić information content (AvgIpc) is 3.43. The third-order valence-electron chi connectivity index (χ3n) is 13.9. The third kappa shape index (κ3) is 9.68. The van der Waals surface area contributed by atoms with Crippen LogP contribution in [0.1, 0.15) is 22.3 Å². The van der Waals surface area contributed by atoms with E-state index in [1.54, 1.807) is 0 Å². The molecule has 0 bridgehead atoms. The molecule has 11 rings (SSSR count). The summed E-state index contributed by atoms with van der Waals surface area (Å²) in [6.07, 6.45) is 3.70. The van der Waals surface area contributed by atoms with Crippen molar-refractivity contribution in [1.29, 1.82) is 0 Å². The first-order valence-electron chi connectivity index (χ1n) is 24.0. The van der Waals surface area contributed by atoms with Gasteiger partial charge in [-0.25, -0.2) is 0 Å². The number of aromatic nitrogens is 2. The molecule has 9 aromatic carbocycles. The Bertz CT molecular complexity index is 3410. The van der Waals surface area contributed by atoms with E-state index >= 15 is 0 Å². The van der Waals surface area contributed by atoms with Crippen LogP contribution in [0, 0.1) is 39.8 Å². The van der Waals surface area contributed by atoms with Gasteiger partial charge in [0.2, 0.25) is 0 Å². The van der Waals surface area contributed by atoms with Crippen LogP contribution in [0.2, 0.25) is 0 Å². The Labute approximate surface area is 451 Å². The van der Waals surface area contributed by atoms with E-state index in [2.05, 4.69) is 234 Å². The van der Waals surface area contributed by atoms with E-state index < -0.39 is 0 Å². The summed E-state index contributed by atoms with van der Waals surface area (Å²) in [5.41, 5.74) is 27.5. The SMILES string of the molecule is Cc1c(C)c(-c2ccccc2-c2c[c-]c(-c3ccccn3)cc2-c2cccc(-c3ccccc3)c2)c(C)c(C)c1-c1ccccc1-c1c[c-]c(-c2ccccn2)cc1-c1cccc(-c2ccccc2)c1.[Ir].[Ir]. The fraction of sp³-hybridized carbons (Fsp3) is 0.0588. The van der Waals surface area contributed by atoms with E-state index in [-0.39, 0.29) is 40.2 Å². The Morgan fingerprint density at radius 1 is 0.278 bits per heavy atom. The number of nitrogens with zero attached hydrogens (tertiary/aromatic N) is 2. The van der Waals surface area contributed by atoms with Crippen LogP contribution in [0.5, 0.6) is 0 Å². The summed E-state index contributed by atoms with van der Waals surface area (Å²) >= 11 is 0. The van der Waals surface area contributed by atoms with Gasteiger partial charge in [0, 0.05) is 52.6 Å². The molecule has 0 aliphatic heterocycles. The fourth-order valence-corrected chi connectivity index (χ4v) is 10.2. The molecule has 0 amide bonds. The Hall–Kier alpha value is -7.42. The molecule has 2 nitrogen and oxygen atoms in total. The van der Waals surface area contributed by atoms with Gasteiger partial charge in [0.05, 0.1) is 0 Å². The first-order chi connectivity index (χ1) is 34.4. The third-order valence-corrected chi connectivity index (χ3v) is 13.9. The predicted molar refractivity (Wildman–Crippen MR) is 293 cm³/mol. The van der Waals surface area contributed by atoms with Crippen molar-refractivity contribution in [2.24, 2.45) is 0 Å². The van der Waals surface area contributed by atoms with Crippen LogP contribution in [-0.4, -0.2) is 9.97 Å². The van der Waals surface area contributed by atoms with Crippen molar-refractivity contribution >= 4 is 0 Å². The quantitative estimate of drug-likeness (QED) is 0.128. The molecule has 0 atom stereocenters. The maximum Gasteiger partial charge on any atom is 0.0160 e. The van der Waals surface area contributed by atoms with Gasteiger partial charge in [-0.05, 0) is 141 Å². The van der Waals surface area contributed by atoms with E-state index in [9.17, 15) is 0 Å². The standard InChI is InChI=1S/C68H50N2.2Ir/c1-45-46(2)68(62-32-14-12-30-58(62)60-38-36-56(66-34-16-18-40-70-66)44-64(60)54-28-20-26-52(42-54)50-23-9-6-10-24-50)48(4)47(3)67(45)61-31-13-11-29-57(61)59-37-35-55(65-33-15-17-39-69-65)43-63(59)53-27-19-25-51(41-53)49-21-7-5-8-22-49;;/h5-34,37-44H,1-4H3;;/q-2;;. The molecule has 0 aliphatic rings.